The Morgan fingerprint density at radius 1 is 0.964 bits per heavy atom. The molecule has 0 saturated carbocycles. The van der Waals surface area contributed by atoms with E-state index in [1.165, 1.54) is 11.1 Å². The first-order valence-corrected chi connectivity index (χ1v) is 10.1. The van der Waals surface area contributed by atoms with Crippen LogP contribution in [0.1, 0.15) is 38.8 Å². The fraction of sp³-hybridized carbons (Fsp3) is 0.458. The zero-order valence-corrected chi connectivity index (χ0v) is 17.5. The van der Waals surface area contributed by atoms with Crippen LogP contribution >= 0.6 is 0 Å². The summed E-state index contributed by atoms with van der Waals surface area (Å²) < 4.78 is 5.74. The van der Waals surface area contributed by atoms with Gasteiger partial charge in [0.15, 0.2) is 0 Å². The monoisotopic (exact) mass is 380 g/mol. The number of piperazine rings is 1. The minimum Gasteiger partial charge on any atom is -0.444 e. The number of hydrogen-bond acceptors (Lipinski definition) is 3. The molecule has 0 aliphatic carbocycles. The maximum absolute atomic E-state index is 13.0. The number of ether oxygens (including phenoxy) is 1. The molecule has 28 heavy (non-hydrogen) atoms. The van der Waals surface area contributed by atoms with Crippen molar-refractivity contribution in [2.24, 2.45) is 0 Å². The van der Waals surface area contributed by atoms with Crippen molar-refractivity contribution in [2.45, 2.75) is 58.3 Å². The molecular weight excluding hydrogens is 348 g/mol. The standard InChI is InChI=1S/C24H32N2O2/c1-19-16-25(17-21-13-9-6-10-14-21)18-22(15-20-11-7-5-8-12-20)26(19)23(27)28-24(2,3)4/h5-14,19,22H,15-18H2,1-4H3/t19-,22-/m1/s1. The van der Waals surface area contributed by atoms with Crippen LogP contribution in [-0.4, -0.2) is 46.7 Å². The smallest absolute Gasteiger partial charge is 0.410 e. The van der Waals surface area contributed by atoms with E-state index in [0.717, 1.165) is 26.1 Å². The van der Waals surface area contributed by atoms with E-state index in [4.69, 9.17) is 4.74 Å². The molecule has 0 N–H and O–H groups in total. The molecule has 0 spiro atoms. The third-order valence-electron chi connectivity index (χ3n) is 5.03. The molecule has 4 nitrogen and oxygen atoms in total. The van der Waals surface area contributed by atoms with Crippen molar-refractivity contribution in [3.63, 3.8) is 0 Å². The van der Waals surface area contributed by atoms with Crippen molar-refractivity contribution in [3.05, 3.63) is 71.8 Å². The average molecular weight is 381 g/mol. The molecule has 1 saturated heterocycles. The lowest BCUT2D eigenvalue weighted by molar-refractivity contribution is -0.0197. The van der Waals surface area contributed by atoms with Crippen LogP contribution in [0.3, 0.4) is 0 Å². The summed E-state index contributed by atoms with van der Waals surface area (Å²) in [4.78, 5) is 17.4. The largest absolute Gasteiger partial charge is 0.444 e. The van der Waals surface area contributed by atoms with E-state index >= 15 is 0 Å². The summed E-state index contributed by atoms with van der Waals surface area (Å²) in [5.41, 5.74) is 2.06. The van der Waals surface area contributed by atoms with Gasteiger partial charge in [0, 0.05) is 25.7 Å². The number of nitrogens with zero attached hydrogens (tertiary/aromatic N) is 2. The van der Waals surface area contributed by atoms with E-state index in [-0.39, 0.29) is 18.2 Å². The second-order valence-electron chi connectivity index (χ2n) is 8.76. The Balaban J connectivity index is 1.79. The Hall–Kier alpha value is -2.33. The first-order chi connectivity index (χ1) is 13.3. The van der Waals surface area contributed by atoms with Crippen LogP contribution < -0.4 is 0 Å². The van der Waals surface area contributed by atoms with Gasteiger partial charge in [-0.2, -0.15) is 0 Å². The predicted octanol–water partition coefficient (Wildman–Crippen LogP) is 4.74. The van der Waals surface area contributed by atoms with E-state index in [1.54, 1.807) is 0 Å². The van der Waals surface area contributed by atoms with Gasteiger partial charge in [0.2, 0.25) is 0 Å². The maximum Gasteiger partial charge on any atom is 0.410 e. The number of amides is 1. The Morgan fingerprint density at radius 3 is 2.11 bits per heavy atom. The third-order valence-corrected chi connectivity index (χ3v) is 5.03. The van der Waals surface area contributed by atoms with E-state index in [9.17, 15) is 4.79 Å². The van der Waals surface area contributed by atoms with Gasteiger partial charge in [-0.1, -0.05) is 60.7 Å². The van der Waals surface area contributed by atoms with Crippen molar-refractivity contribution >= 4 is 6.09 Å². The average Bonchev–Trinajstić information content (AvgIpc) is 2.61. The van der Waals surface area contributed by atoms with Crippen LogP contribution in [-0.2, 0) is 17.7 Å². The van der Waals surface area contributed by atoms with Crippen LogP contribution in [0.2, 0.25) is 0 Å². The van der Waals surface area contributed by atoms with E-state index in [2.05, 4.69) is 60.4 Å². The Bertz CT molecular complexity index is 755. The van der Waals surface area contributed by atoms with Crippen LogP contribution in [0.25, 0.3) is 0 Å². The highest BCUT2D eigenvalue weighted by Gasteiger charge is 2.37. The topological polar surface area (TPSA) is 32.8 Å². The van der Waals surface area contributed by atoms with Gasteiger partial charge >= 0.3 is 6.09 Å². The van der Waals surface area contributed by atoms with Crippen molar-refractivity contribution in [1.29, 1.82) is 0 Å². The fourth-order valence-corrected chi connectivity index (χ4v) is 3.95. The molecule has 2 atom stereocenters. The zero-order chi connectivity index (χ0) is 20.1. The van der Waals surface area contributed by atoms with Crippen molar-refractivity contribution in [1.82, 2.24) is 9.80 Å². The van der Waals surface area contributed by atoms with E-state index in [1.807, 2.05) is 37.8 Å². The van der Waals surface area contributed by atoms with Gasteiger partial charge in [-0.25, -0.2) is 4.79 Å². The van der Waals surface area contributed by atoms with Gasteiger partial charge < -0.3 is 4.74 Å². The van der Waals surface area contributed by atoms with Gasteiger partial charge in [-0.15, -0.1) is 0 Å². The highest BCUT2D eigenvalue weighted by atomic mass is 16.6. The molecular formula is C24H32N2O2. The normalized spacial score (nSPS) is 20.8. The Morgan fingerprint density at radius 2 is 1.54 bits per heavy atom. The minimum absolute atomic E-state index is 0.0877. The fourth-order valence-electron chi connectivity index (χ4n) is 3.95. The number of carbonyl (C=O) groups is 1. The molecule has 0 aromatic heterocycles. The number of hydrogen-bond donors (Lipinski definition) is 0. The van der Waals surface area contributed by atoms with Crippen molar-refractivity contribution < 1.29 is 9.53 Å². The Labute approximate surface area is 169 Å². The lowest BCUT2D eigenvalue weighted by Gasteiger charge is -2.46. The van der Waals surface area contributed by atoms with Gasteiger partial charge in [-0.05, 0) is 45.2 Å². The summed E-state index contributed by atoms with van der Waals surface area (Å²) in [5.74, 6) is 0. The van der Waals surface area contributed by atoms with Crippen LogP contribution in [0.4, 0.5) is 4.79 Å². The first-order valence-electron chi connectivity index (χ1n) is 10.1. The highest BCUT2D eigenvalue weighted by Crippen LogP contribution is 2.24. The van der Waals surface area contributed by atoms with Crippen molar-refractivity contribution in [3.8, 4) is 0 Å². The molecule has 0 radical (unpaired) electrons. The third kappa shape index (κ3) is 5.59. The molecule has 1 aliphatic heterocycles. The molecule has 150 valence electrons. The zero-order valence-electron chi connectivity index (χ0n) is 17.5. The Kier molecular flexibility index (Phi) is 6.40. The molecule has 1 amide bonds. The molecule has 1 heterocycles. The molecule has 1 aliphatic rings. The molecule has 0 bridgehead atoms. The van der Waals surface area contributed by atoms with Crippen LogP contribution in [0.15, 0.2) is 60.7 Å². The second-order valence-corrected chi connectivity index (χ2v) is 8.76. The summed E-state index contributed by atoms with van der Waals surface area (Å²) in [6, 6.07) is 21.1. The summed E-state index contributed by atoms with van der Waals surface area (Å²) in [5, 5.41) is 0. The molecule has 3 rings (SSSR count). The van der Waals surface area contributed by atoms with Gasteiger partial charge in [0.25, 0.3) is 0 Å². The first kappa shape index (κ1) is 20.4. The molecule has 2 aromatic rings. The van der Waals surface area contributed by atoms with Crippen molar-refractivity contribution in [2.75, 3.05) is 13.1 Å². The van der Waals surface area contributed by atoms with E-state index < -0.39 is 5.60 Å². The number of carbonyl (C=O) groups excluding carboxylic acids is 1. The van der Waals surface area contributed by atoms with E-state index in [0.29, 0.717) is 0 Å². The molecule has 2 aromatic carbocycles. The van der Waals surface area contributed by atoms with Gasteiger partial charge in [0.1, 0.15) is 5.60 Å². The minimum atomic E-state index is -0.491. The predicted molar refractivity (Wildman–Crippen MR) is 113 cm³/mol. The second kappa shape index (κ2) is 8.78. The molecule has 4 heteroatoms. The number of benzene rings is 2. The van der Waals surface area contributed by atoms with Crippen LogP contribution in [0, 0.1) is 0 Å². The lowest BCUT2D eigenvalue weighted by atomic mass is 9.99. The van der Waals surface area contributed by atoms with Crippen LogP contribution in [0.5, 0.6) is 0 Å². The summed E-state index contributed by atoms with van der Waals surface area (Å²) in [7, 11) is 0. The van der Waals surface area contributed by atoms with Gasteiger partial charge in [0.05, 0.1) is 6.04 Å². The summed E-state index contributed by atoms with van der Waals surface area (Å²) >= 11 is 0. The maximum atomic E-state index is 13.0. The highest BCUT2D eigenvalue weighted by molar-refractivity contribution is 5.69. The SMILES string of the molecule is C[C@@H]1CN(Cc2ccccc2)C[C@@H](Cc2ccccc2)N1C(=O)OC(C)(C)C. The molecule has 1 fully saturated rings. The number of rotatable bonds is 4. The lowest BCUT2D eigenvalue weighted by Crippen LogP contribution is -2.60. The van der Waals surface area contributed by atoms with Gasteiger partial charge in [-0.3, -0.25) is 9.80 Å². The quantitative estimate of drug-likeness (QED) is 0.768. The summed E-state index contributed by atoms with van der Waals surface area (Å²) in [6.45, 7) is 10.5. The summed E-state index contributed by atoms with van der Waals surface area (Å²) in [6.07, 6.45) is 0.621. The molecule has 0 unspecified atom stereocenters.